The van der Waals surface area contributed by atoms with Crippen LogP contribution in [-0.2, 0) is 20.0 Å². The number of nitrogens with zero attached hydrogens (tertiary/aromatic N) is 3. The van der Waals surface area contributed by atoms with E-state index >= 15 is 0 Å². The standard InChI is InChI=1S/C14H17FN4O6/c1-7(2)11(22)24-6-13(15)9(20)10(21)14(5-16,25-13)19-4-3-8(17)18-12(19)23/h3-4,7,9-10,20-21H,6H2,1-2H3,(H2,17,18,23)/t9-,10+,13+,14+/m0/s1. The Morgan fingerprint density at radius 2 is 2.24 bits per heavy atom. The van der Waals surface area contributed by atoms with Gasteiger partial charge >= 0.3 is 11.7 Å². The first kappa shape index (κ1) is 18.8. The van der Waals surface area contributed by atoms with Crippen LogP contribution < -0.4 is 11.4 Å². The van der Waals surface area contributed by atoms with Gasteiger partial charge in [-0.2, -0.15) is 10.2 Å². The summed E-state index contributed by atoms with van der Waals surface area (Å²) < 4.78 is 25.1. The Bertz CT molecular complexity index is 777. The molecule has 1 aromatic rings. The molecule has 0 radical (unpaired) electrons. The van der Waals surface area contributed by atoms with E-state index in [4.69, 9.17) is 10.5 Å². The SMILES string of the molecule is CC(C)C(=O)OC[C@@]1(F)O[C@@](C#N)(n2ccc(N)nc2=O)[C@H](O)[C@@H]1O. The van der Waals surface area contributed by atoms with Gasteiger partial charge < -0.3 is 20.7 Å². The van der Waals surface area contributed by atoms with Crippen LogP contribution in [0.4, 0.5) is 10.2 Å². The van der Waals surface area contributed by atoms with Crippen molar-refractivity contribution in [1.82, 2.24) is 9.55 Å². The second-order valence-corrected chi connectivity index (χ2v) is 5.85. The summed E-state index contributed by atoms with van der Waals surface area (Å²) in [4.78, 5) is 26.8. The minimum atomic E-state index is -3.11. The average Bonchev–Trinajstić information content (AvgIpc) is 2.75. The molecule has 10 nitrogen and oxygen atoms in total. The van der Waals surface area contributed by atoms with Crippen molar-refractivity contribution in [3.05, 3.63) is 22.7 Å². The van der Waals surface area contributed by atoms with Crippen molar-refractivity contribution in [2.45, 2.75) is 37.6 Å². The fourth-order valence-corrected chi connectivity index (χ4v) is 2.28. The van der Waals surface area contributed by atoms with Crippen LogP contribution in [-0.4, -0.2) is 50.4 Å². The largest absolute Gasteiger partial charge is 0.459 e. The number of carbonyl (C=O) groups is 1. The van der Waals surface area contributed by atoms with Crippen molar-refractivity contribution in [3.63, 3.8) is 0 Å². The molecular formula is C14H17FN4O6. The van der Waals surface area contributed by atoms with Gasteiger partial charge in [0.05, 0.1) is 5.92 Å². The number of hydrogen-bond donors (Lipinski definition) is 3. The highest BCUT2D eigenvalue weighted by atomic mass is 19.2. The number of hydrogen-bond acceptors (Lipinski definition) is 9. The molecule has 2 rings (SSSR count). The van der Waals surface area contributed by atoms with Crippen LogP contribution >= 0.6 is 0 Å². The summed E-state index contributed by atoms with van der Waals surface area (Å²) in [6.07, 6.45) is -3.46. The zero-order valence-corrected chi connectivity index (χ0v) is 13.4. The van der Waals surface area contributed by atoms with E-state index in [2.05, 4.69) is 9.72 Å². The van der Waals surface area contributed by atoms with E-state index in [1.807, 2.05) is 0 Å². The molecule has 4 N–H and O–H groups in total. The molecule has 0 bridgehead atoms. The third-order valence-corrected chi connectivity index (χ3v) is 3.69. The highest BCUT2D eigenvalue weighted by Gasteiger charge is 2.66. The third kappa shape index (κ3) is 3.07. The molecule has 11 heteroatoms. The van der Waals surface area contributed by atoms with Crippen molar-refractivity contribution < 1.29 is 28.9 Å². The van der Waals surface area contributed by atoms with Crippen molar-refractivity contribution >= 4 is 11.8 Å². The summed E-state index contributed by atoms with van der Waals surface area (Å²) in [5, 5.41) is 29.6. The molecule has 2 heterocycles. The molecule has 0 unspecified atom stereocenters. The van der Waals surface area contributed by atoms with Gasteiger partial charge in [-0.05, 0) is 6.07 Å². The lowest BCUT2D eigenvalue weighted by molar-refractivity contribution is -0.235. The number of ether oxygens (including phenoxy) is 2. The molecule has 0 amide bonds. The minimum absolute atomic E-state index is 0.167. The molecule has 1 saturated heterocycles. The maximum absolute atomic E-state index is 14.9. The van der Waals surface area contributed by atoms with Crippen LogP contribution in [0.3, 0.4) is 0 Å². The van der Waals surface area contributed by atoms with Crippen LogP contribution in [0.5, 0.6) is 0 Å². The van der Waals surface area contributed by atoms with Crippen molar-refractivity contribution in [1.29, 1.82) is 5.26 Å². The van der Waals surface area contributed by atoms with Gasteiger partial charge in [-0.3, -0.25) is 14.1 Å². The molecule has 0 aromatic carbocycles. The molecule has 0 aliphatic carbocycles. The topological polar surface area (TPSA) is 161 Å². The number of carbonyl (C=O) groups excluding carboxylic acids is 1. The number of aliphatic hydroxyl groups excluding tert-OH is 2. The average molecular weight is 356 g/mol. The van der Waals surface area contributed by atoms with Gasteiger partial charge in [-0.25, -0.2) is 9.18 Å². The number of rotatable bonds is 4. The van der Waals surface area contributed by atoms with Gasteiger partial charge in [0.15, 0.2) is 6.61 Å². The maximum Gasteiger partial charge on any atom is 0.352 e. The smallest absolute Gasteiger partial charge is 0.352 e. The van der Waals surface area contributed by atoms with E-state index in [1.165, 1.54) is 19.9 Å². The quantitative estimate of drug-likeness (QED) is 0.552. The van der Waals surface area contributed by atoms with Gasteiger partial charge in [0, 0.05) is 6.20 Å². The van der Waals surface area contributed by atoms with Gasteiger partial charge in [-0.15, -0.1) is 0 Å². The lowest BCUT2D eigenvalue weighted by Gasteiger charge is -2.27. The Morgan fingerprint density at radius 1 is 1.60 bits per heavy atom. The summed E-state index contributed by atoms with van der Waals surface area (Å²) >= 11 is 0. The monoisotopic (exact) mass is 356 g/mol. The van der Waals surface area contributed by atoms with E-state index in [0.29, 0.717) is 4.57 Å². The fourth-order valence-electron chi connectivity index (χ4n) is 2.28. The maximum atomic E-state index is 14.9. The summed E-state index contributed by atoms with van der Waals surface area (Å²) in [6, 6.07) is 2.59. The second kappa shape index (κ2) is 6.40. The van der Waals surface area contributed by atoms with E-state index in [9.17, 15) is 29.5 Å². The van der Waals surface area contributed by atoms with Crippen LogP contribution in [0.25, 0.3) is 0 Å². The predicted octanol–water partition coefficient (Wildman–Crippen LogP) is -1.38. The lowest BCUT2D eigenvalue weighted by atomic mass is 10.0. The zero-order valence-electron chi connectivity index (χ0n) is 13.4. The molecule has 0 spiro atoms. The third-order valence-electron chi connectivity index (χ3n) is 3.69. The summed E-state index contributed by atoms with van der Waals surface area (Å²) in [5.41, 5.74) is 1.63. The van der Waals surface area contributed by atoms with Gasteiger partial charge in [0.1, 0.15) is 24.1 Å². The lowest BCUT2D eigenvalue weighted by Crippen LogP contribution is -2.49. The Kier molecular flexibility index (Phi) is 4.81. The fraction of sp³-hybridized carbons (Fsp3) is 0.571. The normalized spacial score (nSPS) is 31.7. The van der Waals surface area contributed by atoms with Crippen LogP contribution in [0.15, 0.2) is 17.1 Å². The molecule has 1 aromatic heterocycles. The zero-order chi connectivity index (χ0) is 19.0. The molecule has 1 aliphatic rings. The Labute approximate surface area is 141 Å². The van der Waals surface area contributed by atoms with Crippen LogP contribution in [0.2, 0.25) is 0 Å². The minimum Gasteiger partial charge on any atom is -0.459 e. The first-order valence-corrected chi connectivity index (χ1v) is 7.26. The van der Waals surface area contributed by atoms with Gasteiger partial charge in [0.25, 0.3) is 11.6 Å². The number of aromatic nitrogens is 2. The Hall–Kier alpha value is -2.55. The van der Waals surface area contributed by atoms with Crippen LogP contribution in [0, 0.1) is 17.2 Å². The van der Waals surface area contributed by atoms with Crippen molar-refractivity contribution in [3.8, 4) is 6.07 Å². The van der Waals surface area contributed by atoms with Crippen molar-refractivity contribution in [2.24, 2.45) is 5.92 Å². The van der Waals surface area contributed by atoms with Gasteiger partial charge in [-0.1, -0.05) is 13.8 Å². The molecule has 1 aliphatic heterocycles. The summed E-state index contributed by atoms with van der Waals surface area (Å²) in [5.74, 6) is -4.62. The number of aliphatic hydroxyl groups is 2. The highest BCUT2D eigenvalue weighted by molar-refractivity contribution is 5.71. The first-order chi connectivity index (χ1) is 11.6. The summed E-state index contributed by atoms with van der Waals surface area (Å²) in [7, 11) is 0. The molecular weight excluding hydrogens is 339 g/mol. The number of esters is 1. The van der Waals surface area contributed by atoms with E-state index < -0.39 is 48.0 Å². The number of halogens is 1. The molecule has 136 valence electrons. The first-order valence-electron chi connectivity index (χ1n) is 7.26. The Balaban J connectivity index is 2.40. The number of alkyl halides is 1. The molecule has 4 atom stereocenters. The second-order valence-electron chi connectivity index (χ2n) is 5.85. The number of nitriles is 1. The number of nitrogen functional groups attached to an aromatic ring is 1. The van der Waals surface area contributed by atoms with Crippen LogP contribution in [0.1, 0.15) is 13.8 Å². The van der Waals surface area contributed by atoms with Crippen molar-refractivity contribution in [2.75, 3.05) is 12.3 Å². The van der Waals surface area contributed by atoms with E-state index in [0.717, 1.165) is 12.3 Å². The Morgan fingerprint density at radius 3 is 2.76 bits per heavy atom. The highest BCUT2D eigenvalue weighted by Crippen LogP contribution is 2.42. The van der Waals surface area contributed by atoms with E-state index in [-0.39, 0.29) is 5.82 Å². The molecule has 1 fully saturated rings. The molecule has 0 saturated carbocycles. The number of anilines is 1. The molecule has 25 heavy (non-hydrogen) atoms. The number of nitrogens with two attached hydrogens (primary N) is 1. The summed E-state index contributed by atoms with van der Waals surface area (Å²) in [6.45, 7) is 1.93. The van der Waals surface area contributed by atoms with Gasteiger partial charge in [0.2, 0.25) is 0 Å². The van der Waals surface area contributed by atoms with E-state index in [1.54, 1.807) is 0 Å². The predicted molar refractivity (Wildman–Crippen MR) is 79.2 cm³/mol.